The van der Waals surface area contributed by atoms with Crippen molar-refractivity contribution >= 4 is 27.2 Å². The van der Waals surface area contributed by atoms with Gasteiger partial charge in [0.05, 0.1) is 16.3 Å². The van der Waals surface area contributed by atoms with Crippen LogP contribution in [0.25, 0.3) is 0 Å². The summed E-state index contributed by atoms with van der Waals surface area (Å²) in [7, 11) is -4.45. The van der Waals surface area contributed by atoms with Crippen LogP contribution in [0.4, 0.5) is 17.1 Å². The molecule has 0 aliphatic carbocycles. The molecule has 6 nitrogen and oxygen atoms in total. The number of hydrogen-bond acceptors (Lipinski definition) is 6. The summed E-state index contributed by atoms with van der Waals surface area (Å²) in [5.74, 6) is 0. The molecule has 3 aromatic rings. The van der Waals surface area contributed by atoms with Gasteiger partial charge in [0.15, 0.2) is 0 Å². The first-order valence-electron chi connectivity index (χ1n) is 7.86. The van der Waals surface area contributed by atoms with Crippen molar-refractivity contribution < 1.29 is 64.4 Å². The van der Waals surface area contributed by atoms with Gasteiger partial charge in [0.2, 0.25) is 0 Å². The van der Waals surface area contributed by atoms with Gasteiger partial charge in [0.25, 0.3) is 0 Å². The van der Waals surface area contributed by atoms with Crippen molar-refractivity contribution in [2.75, 3.05) is 5.32 Å². The Hall–Kier alpha value is -1.39. The number of nitrogens with one attached hydrogen (secondary N) is 1. The van der Waals surface area contributed by atoms with E-state index in [1.165, 1.54) is 29.8 Å². The summed E-state index contributed by atoms with van der Waals surface area (Å²) < 4.78 is 32.7. The van der Waals surface area contributed by atoms with E-state index in [2.05, 4.69) is 27.7 Å². The molecule has 0 spiro atoms. The van der Waals surface area contributed by atoms with Crippen LogP contribution >= 0.6 is 0 Å². The number of anilines is 1. The van der Waals surface area contributed by atoms with Crippen molar-refractivity contribution in [2.45, 2.75) is 11.4 Å². The van der Waals surface area contributed by atoms with Crippen LogP contribution in [0, 0.1) is 0 Å². The Balaban J connectivity index is 0.00000261. The Morgan fingerprint density at radius 3 is 1.81 bits per heavy atom. The number of azo groups is 1. The SMILES string of the molecule is O=S(=O)([O-])c1ccc(N=Nc2ccc(NCc3ccccc3)cc2)cc1.[K+]. The number of nitrogens with zero attached hydrogens (tertiary/aromatic N) is 2. The van der Waals surface area contributed by atoms with Gasteiger partial charge in [-0.25, -0.2) is 8.42 Å². The van der Waals surface area contributed by atoms with E-state index in [-0.39, 0.29) is 56.3 Å². The molecule has 1 N–H and O–H groups in total. The van der Waals surface area contributed by atoms with Gasteiger partial charge in [-0.3, -0.25) is 0 Å². The van der Waals surface area contributed by atoms with E-state index in [0.29, 0.717) is 11.4 Å². The van der Waals surface area contributed by atoms with Gasteiger partial charge < -0.3 is 9.87 Å². The van der Waals surface area contributed by atoms with Gasteiger partial charge in [-0.1, -0.05) is 30.3 Å². The number of rotatable bonds is 6. The maximum absolute atomic E-state index is 10.9. The Labute approximate surface area is 200 Å². The van der Waals surface area contributed by atoms with Gasteiger partial charge in [0, 0.05) is 12.2 Å². The summed E-state index contributed by atoms with van der Waals surface area (Å²) in [6.45, 7) is 0.733. The second-order valence-corrected chi connectivity index (χ2v) is 6.91. The third-order valence-corrected chi connectivity index (χ3v) is 4.46. The second kappa shape index (κ2) is 10.2. The molecule has 8 heteroatoms. The van der Waals surface area contributed by atoms with Crippen LogP contribution in [-0.2, 0) is 16.7 Å². The van der Waals surface area contributed by atoms with Crippen molar-refractivity contribution in [3.05, 3.63) is 84.4 Å². The summed E-state index contributed by atoms with van der Waals surface area (Å²) in [6.07, 6.45) is 0. The number of benzene rings is 3. The Morgan fingerprint density at radius 1 is 0.778 bits per heavy atom. The van der Waals surface area contributed by atoms with Crippen molar-refractivity contribution in [3.8, 4) is 0 Å². The molecule has 27 heavy (non-hydrogen) atoms. The maximum atomic E-state index is 10.9. The molecule has 3 aromatic carbocycles. The average Bonchev–Trinajstić information content (AvgIpc) is 2.66. The Kier molecular flexibility index (Phi) is 8.30. The quantitative estimate of drug-likeness (QED) is 0.383. The second-order valence-electron chi connectivity index (χ2n) is 5.53. The first-order chi connectivity index (χ1) is 12.5. The van der Waals surface area contributed by atoms with Gasteiger partial charge in [-0.15, -0.1) is 0 Å². The fourth-order valence-corrected chi connectivity index (χ4v) is 2.71. The van der Waals surface area contributed by atoms with E-state index in [0.717, 1.165) is 12.2 Å². The standard InChI is InChI=1S/C19H17N3O3S.K/c23-26(24,25)19-12-10-18(11-13-19)22-21-17-8-6-16(7-9-17)20-14-15-4-2-1-3-5-15;/h1-13,20H,14H2,(H,23,24,25);/q;+1/p-1. The normalized spacial score (nSPS) is 11.1. The van der Waals surface area contributed by atoms with Crippen molar-refractivity contribution in [1.29, 1.82) is 0 Å². The Bertz CT molecular complexity index is 991. The molecule has 0 amide bonds. The monoisotopic (exact) mass is 405 g/mol. The molecule has 0 unspecified atom stereocenters. The van der Waals surface area contributed by atoms with E-state index in [9.17, 15) is 13.0 Å². The molecule has 0 aromatic heterocycles. The summed E-state index contributed by atoms with van der Waals surface area (Å²) in [5.41, 5.74) is 3.29. The van der Waals surface area contributed by atoms with Crippen molar-refractivity contribution in [2.24, 2.45) is 10.2 Å². The van der Waals surface area contributed by atoms with E-state index in [1.54, 1.807) is 0 Å². The summed E-state index contributed by atoms with van der Waals surface area (Å²) in [5, 5.41) is 11.5. The molecule has 0 radical (unpaired) electrons. The third-order valence-electron chi connectivity index (χ3n) is 3.61. The molecule has 132 valence electrons. The molecule has 0 heterocycles. The minimum atomic E-state index is -4.45. The predicted octanol–water partition coefficient (Wildman–Crippen LogP) is 1.62. The van der Waals surface area contributed by atoms with Crippen molar-refractivity contribution in [1.82, 2.24) is 0 Å². The maximum Gasteiger partial charge on any atom is 1.00 e. The van der Waals surface area contributed by atoms with E-state index < -0.39 is 10.1 Å². The van der Waals surface area contributed by atoms with Crippen LogP contribution in [-0.4, -0.2) is 13.0 Å². The molecule has 0 saturated heterocycles. The molecule has 0 bridgehead atoms. The zero-order chi connectivity index (χ0) is 18.4. The molecule has 0 saturated carbocycles. The van der Waals surface area contributed by atoms with E-state index in [1.807, 2.05) is 42.5 Å². The minimum absolute atomic E-state index is 0. The first-order valence-corrected chi connectivity index (χ1v) is 9.27. The summed E-state index contributed by atoms with van der Waals surface area (Å²) in [6, 6.07) is 22.9. The van der Waals surface area contributed by atoms with Crippen LogP contribution in [0.15, 0.2) is 94.0 Å². The zero-order valence-electron chi connectivity index (χ0n) is 14.7. The van der Waals surface area contributed by atoms with Crippen LogP contribution < -0.4 is 56.7 Å². The van der Waals surface area contributed by atoms with E-state index in [4.69, 9.17) is 0 Å². The topological polar surface area (TPSA) is 94.0 Å². The molecular weight excluding hydrogens is 389 g/mol. The molecule has 0 aliphatic heterocycles. The summed E-state index contributed by atoms with van der Waals surface area (Å²) >= 11 is 0. The molecule has 0 atom stereocenters. The predicted molar refractivity (Wildman–Crippen MR) is 98.8 cm³/mol. The van der Waals surface area contributed by atoms with Crippen molar-refractivity contribution in [3.63, 3.8) is 0 Å². The minimum Gasteiger partial charge on any atom is -0.744 e. The van der Waals surface area contributed by atoms with Crippen LogP contribution in [0.2, 0.25) is 0 Å². The smallest absolute Gasteiger partial charge is 0.744 e. The average molecular weight is 406 g/mol. The molecule has 0 aliphatic rings. The van der Waals surface area contributed by atoms with Crippen LogP contribution in [0.3, 0.4) is 0 Å². The fourth-order valence-electron chi connectivity index (χ4n) is 2.24. The fraction of sp³-hybridized carbons (Fsp3) is 0.0526. The van der Waals surface area contributed by atoms with E-state index >= 15 is 0 Å². The molecule has 0 fully saturated rings. The van der Waals surface area contributed by atoms with Gasteiger partial charge in [-0.2, -0.15) is 10.2 Å². The first kappa shape index (κ1) is 21.9. The molecule has 3 rings (SSSR count). The van der Waals surface area contributed by atoms with Gasteiger partial charge >= 0.3 is 51.4 Å². The summed E-state index contributed by atoms with van der Waals surface area (Å²) in [4.78, 5) is -0.287. The zero-order valence-corrected chi connectivity index (χ0v) is 18.7. The third kappa shape index (κ3) is 6.93. The largest absolute Gasteiger partial charge is 1.00 e. The van der Waals surface area contributed by atoms with Crippen LogP contribution in [0.1, 0.15) is 5.56 Å². The van der Waals surface area contributed by atoms with Gasteiger partial charge in [0.1, 0.15) is 10.1 Å². The van der Waals surface area contributed by atoms with Crippen LogP contribution in [0.5, 0.6) is 0 Å². The number of hydrogen-bond donors (Lipinski definition) is 1. The Morgan fingerprint density at radius 2 is 1.30 bits per heavy atom. The van der Waals surface area contributed by atoms with Gasteiger partial charge in [-0.05, 0) is 54.1 Å². The molecular formula is C19H16KN3O3S.